The lowest BCUT2D eigenvalue weighted by molar-refractivity contribution is -0.405. The molecule has 0 saturated carbocycles. The maximum Gasteiger partial charge on any atom is 0.274 e. The van der Waals surface area contributed by atoms with Crippen LogP contribution in [0.15, 0.2) is 35.0 Å². The summed E-state index contributed by atoms with van der Waals surface area (Å²) in [6.07, 6.45) is 4.10. The predicted octanol–water partition coefficient (Wildman–Crippen LogP) is 0.749. The van der Waals surface area contributed by atoms with Crippen LogP contribution in [0.4, 0.5) is 0 Å². The van der Waals surface area contributed by atoms with Crippen LogP contribution in [0.2, 0.25) is 0 Å². The summed E-state index contributed by atoms with van der Waals surface area (Å²) in [5, 5.41) is 13.7. The summed E-state index contributed by atoms with van der Waals surface area (Å²) in [5.41, 5.74) is 0.907. The van der Waals surface area contributed by atoms with E-state index < -0.39 is 10.7 Å². The van der Waals surface area contributed by atoms with Gasteiger partial charge in [-0.25, -0.2) is 0 Å². The van der Waals surface area contributed by atoms with Crippen LogP contribution in [-0.4, -0.2) is 42.9 Å². The van der Waals surface area contributed by atoms with Crippen LogP contribution < -0.4 is 5.32 Å². The van der Waals surface area contributed by atoms with Crippen LogP contribution in [0.5, 0.6) is 0 Å². The van der Waals surface area contributed by atoms with Gasteiger partial charge in [-0.2, -0.15) is 0 Å². The number of ether oxygens (including phenoxy) is 2. The monoisotopic (exact) mass is 283 g/mol. The molecule has 0 spiro atoms. The minimum atomic E-state index is -0.836. The van der Waals surface area contributed by atoms with Crippen LogP contribution in [0.3, 0.4) is 0 Å². The standard InChI is InChI=1S/C12H17N3O5/c1-18-12(19-2)8-13-11(6-15(16)17)14(9-12)5-10-3-4-20-7-10/h3-4,6-7,13H,5,8-9H2,1-2H3. The van der Waals surface area contributed by atoms with Crippen molar-refractivity contribution in [1.29, 1.82) is 0 Å². The van der Waals surface area contributed by atoms with Crippen molar-refractivity contribution in [1.82, 2.24) is 10.2 Å². The Balaban J connectivity index is 2.20. The van der Waals surface area contributed by atoms with Crippen LogP contribution in [-0.2, 0) is 16.0 Å². The molecule has 2 heterocycles. The van der Waals surface area contributed by atoms with Crippen LogP contribution in [0.1, 0.15) is 5.56 Å². The summed E-state index contributed by atoms with van der Waals surface area (Å²) in [5.74, 6) is -0.418. The summed E-state index contributed by atoms with van der Waals surface area (Å²) in [7, 11) is 3.09. The molecule has 110 valence electrons. The van der Waals surface area contributed by atoms with Gasteiger partial charge < -0.3 is 24.1 Å². The first-order valence-corrected chi connectivity index (χ1v) is 6.04. The van der Waals surface area contributed by atoms with Gasteiger partial charge in [-0.05, 0) is 6.07 Å². The zero-order chi connectivity index (χ0) is 14.6. The largest absolute Gasteiger partial charge is 0.472 e. The number of methoxy groups -OCH3 is 2. The van der Waals surface area contributed by atoms with Crippen molar-refractivity contribution in [3.8, 4) is 0 Å². The molecule has 1 saturated heterocycles. The predicted molar refractivity (Wildman–Crippen MR) is 68.9 cm³/mol. The van der Waals surface area contributed by atoms with Crippen LogP contribution >= 0.6 is 0 Å². The van der Waals surface area contributed by atoms with E-state index in [4.69, 9.17) is 13.9 Å². The summed E-state index contributed by atoms with van der Waals surface area (Å²) >= 11 is 0. The lowest BCUT2D eigenvalue weighted by atomic mass is 10.1. The number of nitrogens with zero attached hydrogens (tertiary/aromatic N) is 2. The van der Waals surface area contributed by atoms with Gasteiger partial charge >= 0.3 is 0 Å². The summed E-state index contributed by atoms with van der Waals surface area (Å²) in [6, 6.07) is 1.81. The minimum absolute atomic E-state index is 0.335. The molecule has 0 aliphatic carbocycles. The van der Waals surface area contributed by atoms with Gasteiger partial charge in [0, 0.05) is 26.3 Å². The van der Waals surface area contributed by atoms with E-state index in [0.717, 1.165) is 11.8 Å². The first-order valence-electron chi connectivity index (χ1n) is 6.04. The minimum Gasteiger partial charge on any atom is -0.472 e. The molecule has 1 aromatic rings. The first-order chi connectivity index (χ1) is 9.58. The molecule has 8 nitrogen and oxygen atoms in total. The quantitative estimate of drug-likeness (QED) is 0.484. The fourth-order valence-corrected chi connectivity index (χ4v) is 2.10. The second-order valence-corrected chi connectivity index (χ2v) is 4.46. The lowest BCUT2D eigenvalue weighted by Gasteiger charge is -2.42. The number of hydrogen-bond donors (Lipinski definition) is 1. The Bertz CT molecular complexity index is 481. The van der Waals surface area contributed by atoms with E-state index in [-0.39, 0.29) is 0 Å². The molecule has 0 bridgehead atoms. The third kappa shape index (κ3) is 3.09. The van der Waals surface area contributed by atoms with Gasteiger partial charge in [0.1, 0.15) is 0 Å². The topological polar surface area (TPSA) is 90.0 Å². The Labute approximate surface area is 116 Å². The fraction of sp³-hybridized carbons (Fsp3) is 0.500. The molecule has 0 aromatic carbocycles. The highest BCUT2D eigenvalue weighted by atomic mass is 16.7. The Morgan fingerprint density at radius 1 is 1.60 bits per heavy atom. The van der Waals surface area contributed by atoms with Crippen LogP contribution in [0, 0.1) is 10.1 Å². The normalized spacial score (nSPS) is 19.9. The second-order valence-electron chi connectivity index (χ2n) is 4.46. The van der Waals surface area contributed by atoms with Crippen molar-refractivity contribution in [2.75, 3.05) is 27.3 Å². The van der Waals surface area contributed by atoms with Gasteiger partial charge in [-0.15, -0.1) is 0 Å². The third-order valence-electron chi connectivity index (χ3n) is 3.24. The molecule has 0 radical (unpaired) electrons. The average Bonchev–Trinajstić information content (AvgIpc) is 2.93. The van der Waals surface area contributed by atoms with Gasteiger partial charge in [0.15, 0.2) is 5.82 Å². The SMILES string of the molecule is COC1(OC)CNC(=C[N+](=O)[O-])N(Cc2ccoc2)C1. The maximum atomic E-state index is 10.7. The number of nitrogens with one attached hydrogen (secondary N) is 1. The van der Waals surface area contributed by atoms with E-state index in [1.165, 1.54) is 0 Å². The van der Waals surface area contributed by atoms with Crippen molar-refractivity contribution in [2.45, 2.75) is 12.3 Å². The molecular weight excluding hydrogens is 266 g/mol. The molecule has 8 heteroatoms. The molecule has 20 heavy (non-hydrogen) atoms. The number of furan rings is 1. The maximum absolute atomic E-state index is 10.7. The highest BCUT2D eigenvalue weighted by molar-refractivity contribution is 5.10. The number of rotatable bonds is 5. The van der Waals surface area contributed by atoms with Crippen molar-refractivity contribution >= 4 is 0 Å². The molecule has 0 amide bonds. The summed E-state index contributed by atoms with van der Waals surface area (Å²) in [4.78, 5) is 12.0. The molecular formula is C12H17N3O5. The average molecular weight is 283 g/mol. The van der Waals surface area contributed by atoms with Crippen molar-refractivity contribution < 1.29 is 18.8 Å². The molecule has 1 fully saturated rings. The number of nitro groups is 1. The van der Waals surface area contributed by atoms with Crippen molar-refractivity contribution in [3.05, 3.63) is 46.3 Å². The van der Waals surface area contributed by atoms with E-state index >= 15 is 0 Å². The van der Waals surface area contributed by atoms with E-state index in [2.05, 4.69) is 5.32 Å². The molecule has 1 aliphatic rings. The highest BCUT2D eigenvalue weighted by Gasteiger charge is 2.38. The van der Waals surface area contributed by atoms with Gasteiger partial charge in [0.05, 0.1) is 30.5 Å². The number of hydrogen-bond acceptors (Lipinski definition) is 7. The van der Waals surface area contributed by atoms with E-state index in [1.807, 2.05) is 0 Å². The highest BCUT2D eigenvalue weighted by Crippen LogP contribution is 2.22. The lowest BCUT2D eigenvalue weighted by Crippen LogP contribution is -2.58. The summed E-state index contributed by atoms with van der Waals surface area (Å²) < 4.78 is 15.8. The molecule has 0 atom stereocenters. The molecule has 2 rings (SSSR count). The van der Waals surface area contributed by atoms with Gasteiger partial charge in [-0.1, -0.05) is 0 Å². The Morgan fingerprint density at radius 3 is 2.90 bits per heavy atom. The smallest absolute Gasteiger partial charge is 0.274 e. The van der Waals surface area contributed by atoms with E-state index in [1.54, 1.807) is 37.7 Å². The zero-order valence-electron chi connectivity index (χ0n) is 11.4. The van der Waals surface area contributed by atoms with Gasteiger partial charge in [0.2, 0.25) is 5.79 Å². The van der Waals surface area contributed by atoms with E-state index in [0.29, 0.717) is 25.5 Å². The fourth-order valence-electron chi connectivity index (χ4n) is 2.10. The van der Waals surface area contributed by atoms with Gasteiger partial charge in [0.25, 0.3) is 6.20 Å². The second kappa shape index (κ2) is 5.93. The molecule has 1 aromatic heterocycles. The van der Waals surface area contributed by atoms with Gasteiger partial charge in [-0.3, -0.25) is 10.1 Å². The summed E-state index contributed by atoms with van der Waals surface area (Å²) in [6.45, 7) is 1.16. The molecule has 0 unspecified atom stereocenters. The Morgan fingerprint density at radius 2 is 2.35 bits per heavy atom. The van der Waals surface area contributed by atoms with Crippen molar-refractivity contribution in [2.24, 2.45) is 0 Å². The van der Waals surface area contributed by atoms with Crippen LogP contribution in [0.25, 0.3) is 0 Å². The Hall–Kier alpha value is -2.06. The molecule has 1 aliphatic heterocycles. The first kappa shape index (κ1) is 14.4. The third-order valence-corrected chi connectivity index (χ3v) is 3.24. The molecule has 1 N–H and O–H groups in total. The zero-order valence-corrected chi connectivity index (χ0v) is 11.4. The van der Waals surface area contributed by atoms with Crippen molar-refractivity contribution in [3.63, 3.8) is 0 Å². The Kier molecular flexibility index (Phi) is 4.26. The van der Waals surface area contributed by atoms with E-state index in [9.17, 15) is 10.1 Å².